The Morgan fingerprint density at radius 1 is 1.64 bits per heavy atom. The van der Waals surface area contributed by atoms with Crippen molar-refractivity contribution in [1.29, 1.82) is 0 Å². The van der Waals surface area contributed by atoms with Gasteiger partial charge in [-0.2, -0.15) is 0 Å². The van der Waals surface area contributed by atoms with Gasteiger partial charge in [-0.1, -0.05) is 0 Å². The van der Waals surface area contributed by atoms with Gasteiger partial charge in [0, 0.05) is 48.5 Å². The Hall–Kier alpha value is 0.120. The Bertz CT molecular complexity index is 211. The zero-order valence-electron chi connectivity index (χ0n) is 8.61. The van der Waals surface area contributed by atoms with Crippen LogP contribution in [0.3, 0.4) is 0 Å². The number of hydrogen-bond donors (Lipinski definition) is 1. The maximum atomic E-state index is 11.7. The van der Waals surface area contributed by atoms with Gasteiger partial charge in [0.05, 0.1) is 12.5 Å². The van der Waals surface area contributed by atoms with Crippen molar-refractivity contribution in [3.05, 3.63) is 0 Å². The molecule has 1 aliphatic heterocycles. The van der Waals surface area contributed by atoms with Gasteiger partial charge >= 0.3 is 0 Å². The van der Waals surface area contributed by atoms with E-state index in [1.807, 2.05) is 11.8 Å². The van der Waals surface area contributed by atoms with E-state index in [0.717, 1.165) is 19.6 Å². The third kappa shape index (κ3) is 3.36. The van der Waals surface area contributed by atoms with E-state index in [0.29, 0.717) is 0 Å². The highest BCUT2D eigenvalue weighted by atomic mass is 127. The summed E-state index contributed by atoms with van der Waals surface area (Å²) in [5, 5.41) is 9.13. The minimum absolute atomic E-state index is 0.0667. The van der Waals surface area contributed by atoms with Crippen molar-refractivity contribution >= 4 is 28.8 Å². The van der Waals surface area contributed by atoms with Crippen LogP contribution in [-0.2, 0) is 4.79 Å². The topological polar surface area (TPSA) is 43.8 Å². The van der Waals surface area contributed by atoms with Crippen LogP contribution in [0.1, 0.15) is 20.3 Å². The standard InChI is InChI=1S/C9H17IN2O2/c1-7-6-11(10)3-4-12(7)9(14)5-8(2)13/h7-8,13H,3-6H2,1-2H3/t7-,8-/m0/s1. The fraction of sp³-hybridized carbons (Fsp3) is 0.889. The van der Waals surface area contributed by atoms with E-state index in [4.69, 9.17) is 5.11 Å². The van der Waals surface area contributed by atoms with E-state index in [1.54, 1.807) is 6.92 Å². The van der Waals surface area contributed by atoms with Crippen LogP contribution in [-0.4, -0.2) is 50.8 Å². The number of rotatable bonds is 2. The Balaban J connectivity index is 2.47. The van der Waals surface area contributed by atoms with Crippen molar-refractivity contribution in [2.45, 2.75) is 32.4 Å². The fourth-order valence-electron chi connectivity index (χ4n) is 1.65. The van der Waals surface area contributed by atoms with Crippen LogP contribution < -0.4 is 0 Å². The van der Waals surface area contributed by atoms with E-state index in [-0.39, 0.29) is 18.4 Å². The average molecular weight is 312 g/mol. The first-order valence-electron chi connectivity index (χ1n) is 4.89. The molecule has 0 aliphatic carbocycles. The largest absolute Gasteiger partial charge is 0.393 e. The van der Waals surface area contributed by atoms with Gasteiger partial charge in [-0.05, 0) is 13.8 Å². The van der Waals surface area contributed by atoms with E-state index >= 15 is 0 Å². The molecule has 5 heteroatoms. The minimum atomic E-state index is -0.535. The van der Waals surface area contributed by atoms with Gasteiger partial charge in [-0.25, -0.2) is 3.11 Å². The predicted molar refractivity (Wildman–Crippen MR) is 63.1 cm³/mol. The lowest BCUT2D eigenvalue weighted by atomic mass is 10.2. The van der Waals surface area contributed by atoms with E-state index < -0.39 is 6.10 Å². The van der Waals surface area contributed by atoms with E-state index in [9.17, 15) is 4.79 Å². The lowest BCUT2D eigenvalue weighted by Crippen LogP contribution is -2.51. The smallest absolute Gasteiger partial charge is 0.225 e. The molecule has 1 heterocycles. The summed E-state index contributed by atoms with van der Waals surface area (Å²) in [5.74, 6) is 0.0667. The molecular formula is C9H17IN2O2. The third-order valence-electron chi connectivity index (χ3n) is 2.37. The Morgan fingerprint density at radius 2 is 2.29 bits per heavy atom. The van der Waals surface area contributed by atoms with Gasteiger partial charge in [-0.15, -0.1) is 0 Å². The molecule has 1 N–H and O–H groups in total. The van der Waals surface area contributed by atoms with Gasteiger partial charge < -0.3 is 10.0 Å². The number of halogens is 1. The molecule has 0 aromatic heterocycles. The molecule has 14 heavy (non-hydrogen) atoms. The first kappa shape index (κ1) is 12.2. The first-order valence-corrected chi connectivity index (χ1v) is 5.85. The molecule has 0 aromatic carbocycles. The summed E-state index contributed by atoms with van der Waals surface area (Å²) in [4.78, 5) is 13.5. The van der Waals surface area contributed by atoms with Crippen LogP contribution in [0.4, 0.5) is 0 Å². The highest BCUT2D eigenvalue weighted by Crippen LogP contribution is 2.14. The summed E-state index contributed by atoms with van der Waals surface area (Å²) >= 11 is 2.28. The second-order valence-electron chi connectivity index (χ2n) is 3.86. The molecular weight excluding hydrogens is 295 g/mol. The van der Waals surface area contributed by atoms with Crippen molar-refractivity contribution in [3.63, 3.8) is 0 Å². The lowest BCUT2D eigenvalue weighted by Gasteiger charge is -2.37. The summed E-state index contributed by atoms with van der Waals surface area (Å²) in [7, 11) is 0. The van der Waals surface area contributed by atoms with Crippen molar-refractivity contribution in [1.82, 2.24) is 8.01 Å². The summed E-state index contributed by atoms with van der Waals surface area (Å²) in [6, 6.07) is 0.256. The molecule has 0 saturated carbocycles. The van der Waals surface area contributed by atoms with E-state index in [1.165, 1.54) is 0 Å². The summed E-state index contributed by atoms with van der Waals surface area (Å²) < 4.78 is 2.19. The highest BCUT2D eigenvalue weighted by Gasteiger charge is 2.26. The number of amides is 1. The molecule has 0 unspecified atom stereocenters. The number of aliphatic hydroxyl groups excluding tert-OH is 1. The molecule has 0 radical (unpaired) electrons. The molecule has 1 saturated heterocycles. The lowest BCUT2D eigenvalue weighted by molar-refractivity contribution is -0.136. The summed E-state index contributed by atoms with van der Waals surface area (Å²) in [6.07, 6.45) is -0.293. The van der Waals surface area contributed by atoms with Crippen LogP contribution in [0.5, 0.6) is 0 Å². The molecule has 0 spiro atoms. The predicted octanol–water partition coefficient (Wildman–Crippen LogP) is 0.640. The van der Waals surface area contributed by atoms with Crippen LogP contribution in [0, 0.1) is 0 Å². The summed E-state index contributed by atoms with van der Waals surface area (Å²) in [6.45, 7) is 6.29. The highest BCUT2D eigenvalue weighted by molar-refractivity contribution is 14.1. The van der Waals surface area contributed by atoms with Gasteiger partial charge in [0.2, 0.25) is 5.91 Å². The van der Waals surface area contributed by atoms with Crippen LogP contribution in [0.25, 0.3) is 0 Å². The number of aliphatic hydroxyl groups is 1. The number of nitrogens with zero attached hydrogens (tertiary/aromatic N) is 2. The summed E-state index contributed by atoms with van der Waals surface area (Å²) in [5.41, 5.74) is 0. The van der Waals surface area contributed by atoms with Gasteiger partial charge in [-0.3, -0.25) is 4.79 Å². The molecule has 0 aromatic rings. The normalized spacial score (nSPS) is 26.3. The zero-order valence-corrected chi connectivity index (χ0v) is 10.8. The van der Waals surface area contributed by atoms with Crippen molar-refractivity contribution in [3.8, 4) is 0 Å². The fourth-order valence-corrected chi connectivity index (χ4v) is 2.44. The first-order chi connectivity index (χ1) is 6.50. The SMILES string of the molecule is C[C@H](O)CC(=O)N1CCN(I)C[C@@H]1C. The quantitative estimate of drug-likeness (QED) is 0.601. The second-order valence-corrected chi connectivity index (χ2v) is 5.22. The van der Waals surface area contributed by atoms with Gasteiger partial charge in [0.15, 0.2) is 0 Å². The molecule has 82 valence electrons. The van der Waals surface area contributed by atoms with Crippen molar-refractivity contribution in [2.24, 2.45) is 0 Å². The number of carbonyl (C=O) groups is 1. The monoisotopic (exact) mass is 312 g/mol. The Labute approximate surface area is 98.7 Å². The Kier molecular flexibility index (Phi) is 4.59. The molecule has 1 fully saturated rings. The number of carbonyl (C=O) groups excluding carboxylic acids is 1. The van der Waals surface area contributed by atoms with Gasteiger partial charge in [0.25, 0.3) is 0 Å². The van der Waals surface area contributed by atoms with Crippen LogP contribution >= 0.6 is 22.9 Å². The maximum absolute atomic E-state index is 11.7. The third-order valence-corrected chi connectivity index (χ3v) is 3.24. The second kappa shape index (κ2) is 5.27. The number of piperazine rings is 1. The van der Waals surface area contributed by atoms with Crippen LogP contribution in [0.2, 0.25) is 0 Å². The van der Waals surface area contributed by atoms with E-state index in [2.05, 4.69) is 26.0 Å². The molecule has 4 nitrogen and oxygen atoms in total. The minimum Gasteiger partial charge on any atom is -0.393 e. The zero-order chi connectivity index (χ0) is 10.7. The molecule has 0 bridgehead atoms. The number of hydrogen-bond acceptors (Lipinski definition) is 3. The molecule has 2 atom stereocenters. The van der Waals surface area contributed by atoms with Gasteiger partial charge in [0.1, 0.15) is 0 Å². The maximum Gasteiger partial charge on any atom is 0.225 e. The Morgan fingerprint density at radius 3 is 2.79 bits per heavy atom. The molecule has 1 aliphatic rings. The van der Waals surface area contributed by atoms with Crippen LogP contribution in [0.15, 0.2) is 0 Å². The molecule has 1 amide bonds. The van der Waals surface area contributed by atoms with Crippen molar-refractivity contribution in [2.75, 3.05) is 19.6 Å². The average Bonchev–Trinajstić information content (AvgIpc) is 2.01. The molecule has 1 rings (SSSR count). The van der Waals surface area contributed by atoms with Crippen molar-refractivity contribution < 1.29 is 9.90 Å².